The topological polar surface area (TPSA) is 69.3 Å². The van der Waals surface area contributed by atoms with E-state index in [1.165, 1.54) is 23.3 Å². The van der Waals surface area contributed by atoms with Crippen LogP contribution in [0.5, 0.6) is 0 Å². The zero-order valence-electron chi connectivity index (χ0n) is 5.51. The maximum Gasteiger partial charge on any atom is 0.440 e. The van der Waals surface area contributed by atoms with E-state index < -0.39 is 6.09 Å². The molecule has 0 bridgehead atoms. The Morgan fingerprint density at radius 2 is 2.09 bits per heavy atom. The van der Waals surface area contributed by atoms with Gasteiger partial charge in [-0.3, -0.25) is 0 Å². The fourth-order valence-corrected chi connectivity index (χ4v) is 0.652. The van der Waals surface area contributed by atoms with Crippen LogP contribution < -0.4 is 5.01 Å². The minimum Gasteiger partial charge on any atom is -0.463 e. The summed E-state index contributed by atoms with van der Waals surface area (Å²) in [6.07, 6.45) is 3.14. The highest BCUT2D eigenvalue weighted by Gasteiger charge is 2.10. The van der Waals surface area contributed by atoms with Gasteiger partial charge in [0, 0.05) is 12.4 Å². The van der Waals surface area contributed by atoms with E-state index in [2.05, 4.69) is 0 Å². The lowest BCUT2D eigenvalue weighted by Gasteiger charge is -2.08. The van der Waals surface area contributed by atoms with Crippen molar-refractivity contribution in [3.63, 3.8) is 0 Å². The zero-order valence-corrected chi connectivity index (χ0v) is 5.51. The van der Waals surface area contributed by atoms with Crippen LogP contribution in [-0.4, -0.2) is 15.9 Å². The Morgan fingerprint density at radius 1 is 1.55 bits per heavy atom. The molecule has 1 N–H and O–H groups in total. The first-order valence-corrected chi connectivity index (χ1v) is 2.81. The van der Waals surface area contributed by atoms with Crippen LogP contribution in [-0.2, 0) is 0 Å². The Kier molecular flexibility index (Phi) is 1.79. The lowest BCUT2D eigenvalue weighted by molar-refractivity contribution is 0.199. The summed E-state index contributed by atoms with van der Waals surface area (Å²) in [4.78, 5) is 10.3. The van der Waals surface area contributed by atoms with Crippen molar-refractivity contribution in [1.82, 2.24) is 4.68 Å². The Labute approximate surface area is 62.7 Å². The van der Waals surface area contributed by atoms with E-state index in [1.54, 1.807) is 12.1 Å². The van der Waals surface area contributed by atoms with Crippen molar-refractivity contribution < 1.29 is 9.90 Å². The molecular weight excluding hydrogens is 146 g/mol. The first kappa shape index (κ1) is 7.15. The summed E-state index contributed by atoms with van der Waals surface area (Å²) in [6, 6.07) is 3.26. The second kappa shape index (κ2) is 2.75. The third kappa shape index (κ3) is 1.30. The molecule has 1 aromatic heterocycles. The average molecular weight is 151 g/mol. The largest absolute Gasteiger partial charge is 0.463 e. The Hall–Kier alpha value is -1.96. The van der Waals surface area contributed by atoms with Gasteiger partial charge >= 0.3 is 6.09 Å². The third-order valence-electron chi connectivity index (χ3n) is 1.10. The molecule has 0 fully saturated rings. The van der Waals surface area contributed by atoms with Gasteiger partial charge in [0.1, 0.15) is 0 Å². The lowest BCUT2D eigenvalue weighted by Crippen LogP contribution is -2.33. The number of hydrogen-bond acceptors (Lipinski definition) is 2. The van der Waals surface area contributed by atoms with Crippen LogP contribution >= 0.6 is 0 Å². The minimum atomic E-state index is -1.30. The summed E-state index contributed by atoms with van der Waals surface area (Å²) < 4.78 is 1.17. The molecule has 0 aliphatic rings. The highest BCUT2D eigenvalue weighted by molar-refractivity contribution is 5.79. The molecule has 0 aliphatic carbocycles. The number of rotatable bonds is 1. The molecule has 1 heterocycles. The van der Waals surface area contributed by atoms with Gasteiger partial charge in [0.2, 0.25) is 6.19 Å². The smallest absolute Gasteiger partial charge is 0.440 e. The van der Waals surface area contributed by atoms with Gasteiger partial charge in [-0.15, -0.1) is 5.01 Å². The first-order chi connectivity index (χ1) is 5.25. The molecule has 0 aromatic carbocycles. The SMILES string of the molecule is N#CN(C(=O)O)n1cccc1. The van der Waals surface area contributed by atoms with E-state index in [-0.39, 0.29) is 0 Å². The van der Waals surface area contributed by atoms with Crippen LogP contribution in [0.25, 0.3) is 0 Å². The van der Waals surface area contributed by atoms with Gasteiger partial charge in [-0.05, 0) is 12.1 Å². The van der Waals surface area contributed by atoms with E-state index in [0.717, 1.165) is 0 Å². The number of carbonyl (C=O) groups is 1. The molecule has 0 radical (unpaired) electrons. The monoisotopic (exact) mass is 151 g/mol. The predicted octanol–water partition coefficient (Wildman–Crippen LogP) is 0.585. The van der Waals surface area contributed by atoms with Gasteiger partial charge in [-0.25, -0.2) is 9.47 Å². The van der Waals surface area contributed by atoms with E-state index in [1.807, 2.05) is 0 Å². The van der Waals surface area contributed by atoms with Crippen molar-refractivity contribution in [2.45, 2.75) is 0 Å². The van der Waals surface area contributed by atoms with Crippen molar-refractivity contribution in [2.24, 2.45) is 0 Å². The number of nitriles is 1. The second-order valence-corrected chi connectivity index (χ2v) is 1.76. The fraction of sp³-hybridized carbons (Fsp3) is 0. The van der Waals surface area contributed by atoms with Gasteiger partial charge in [0.05, 0.1) is 0 Å². The van der Waals surface area contributed by atoms with E-state index in [9.17, 15) is 4.79 Å². The maximum absolute atomic E-state index is 10.3. The highest BCUT2D eigenvalue weighted by atomic mass is 16.4. The van der Waals surface area contributed by atoms with Gasteiger partial charge in [0.25, 0.3) is 0 Å². The molecule has 5 heteroatoms. The zero-order chi connectivity index (χ0) is 8.27. The molecule has 0 unspecified atom stereocenters. The van der Waals surface area contributed by atoms with Gasteiger partial charge in [0.15, 0.2) is 0 Å². The normalized spacial score (nSPS) is 8.64. The molecule has 0 spiro atoms. The van der Waals surface area contributed by atoms with E-state index in [0.29, 0.717) is 5.01 Å². The molecule has 0 atom stereocenters. The Bertz CT molecular complexity index is 285. The molecular formula is C6H5N3O2. The summed E-state index contributed by atoms with van der Waals surface area (Å²) in [5.41, 5.74) is 0. The third-order valence-corrected chi connectivity index (χ3v) is 1.10. The maximum atomic E-state index is 10.3. The molecule has 1 aromatic rings. The summed E-state index contributed by atoms with van der Waals surface area (Å²) >= 11 is 0. The minimum absolute atomic E-state index is 0.514. The van der Waals surface area contributed by atoms with Crippen LogP contribution in [0.15, 0.2) is 24.5 Å². The molecule has 0 saturated carbocycles. The standard InChI is InChI=1S/C6H5N3O2/c7-5-9(6(10)11)8-3-1-2-4-8/h1-4H,(H,10,11). The Balaban J connectivity index is 2.91. The van der Waals surface area contributed by atoms with Crippen molar-refractivity contribution in [3.8, 4) is 6.19 Å². The van der Waals surface area contributed by atoms with Crippen LogP contribution in [0.3, 0.4) is 0 Å². The number of carboxylic acid groups (broad SMARTS) is 1. The molecule has 1 rings (SSSR count). The second-order valence-electron chi connectivity index (χ2n) is 1.76. The van der Waals surface area contributed by atoms with Gasteiger partial charge in [-0.1, -0.05) is 0 Å². The van der Waals surface area contributed by atoms with Gasteiger partial charge in [-0.2, -0.15) is 5.26 Å². The van der Waals surface area contributed by atoms with Crippen molar-refractivity contribution in [3.05, 3.63) is 24.5 Å². The van der Waals surface area contributed by atoms with Crippen molar-refractivity contribution in [2.75, 3.05) is 5.01 Å². The summed E-state index contributed by atoms with van der Waals surface area (Å²) in [7, 11) is 0. The Morgan fingerprint density at radius 3 is 2.45 bits per heavy atom. The van der Waals surface area contributed by atoms with Crippen LogP contribution in [0, 0.1) is 11.5 Å². The molecule has 11 heavy (non-hydrogen) atoms. The summed E-state index contributed by atoms with van der Waals surface area (Å²) in [5.74, 6) is 0. The number of amides is 1. The van der Waals surface area contributed by atoms with Crippen LogP contribution in [0.4, 0.5) is 4.79 Å². The van der Waals surface area contributed by atoms with E-state index in [4.69, 9.17) is 10.4 Å². The average Bonchev–Trinajstić information content (AvgIpc) is 2.40. The number of aromatic nitrogens is 1. The van der Waals surface area contributed by atoms with E-state index >= 15 is 0 Å². The van der Waals surface area contributed by atoms with Crippen LogP contribution in [0.1, 0.15) is 0 Å². The van der Waals surface area contributed by atoms with Crippen molar-refractivity contribution in [1.29, 1.82) is 5.26 Å². The number of nitrogens with zero attached hydrogens (tertiary/aromatic N) is 3. The molecule has 1 amide bonds. The summed E-state index contributed by atoms with van der Waals surface area (Å²) in [5, 5.41) is 17.3. The lowest BCUT2D eigenvalue weighted by atomic mass is 10.7. The fourth-order valence-electron chi connectivity index (χ4n) is 0.652. The predicted molar refractivity (Wildman–Crippen MR) is 36.3 cm³/mol. The quantitative estimate of drug-likeness (QED) is 0.471. The first-order valence-electron chi connectivity index (χ1n) is 2.81. The van der Waals surface area contributed by atoms with Crippen LogP contribution in [0.2, 0.25) is 0 Å². The molecule has 5 nitrogen and oxygen atoms in total. The molecule has 56 valence electrons. The molecule has 0 saturated heterocycles. The summed E-state index contributed by atoms with van der Waals surface area (Å²) in [6.45, 7) is 0. The highest BCUT2D eigenvalue weighted by Crippen LogP contribution is 1.92. The van der Waals surface area contributed by atoms with Gasteiger partial charge < -0.3 is 5.11 Å². The van der Waals surface area contributed by atoms with Crippen molar-refractivity contribution >= 4 is 6.09 Å². The number of hydrogen-bond donors (Lipinski definition) is 1. The molecule has 0 aliphatic heterocycles.